The van der Waals surface area contributed by atoms with Crippen molar-refractivity contribution in [1.82, 2.24) is 10.2 Å². The van der Waals surface area contributed by atoms with Crippen LogP contribution in [0.2, 0.25) is 0 Å². The number of rotatable bonds is 5. The van der Waals surface area contributed by atoms with Crippen molar-refractivity contribution in [3.05, 3.63) is 0 Å². The Balaban J connectivity index is 0.000000479. The summed E-state index contributed by atoms with van der Waals surface area (Å²) in [6.07, 6.45) is -0.916. The van der Waals surface area contributed by atoms with Crippen molar-refractivity contribution in [2.75, 3.05) is 53.5 Å². The van der Waals surface area contributed by atoms with Gasteiger partial charge in [-0.1, -0.05) is 10.3 Å². The van der Waals surface area contributed by atoms with Gasteiger partial charge in [-0.15, -0.1) is 0 Å². The van der Waals surface area contributed by atoms with Crippen molar-refractivity contribution in [2.45, 2.75) is 52.7 Å². The van der Waals surface area contributed by atoms with E-state index in [1.807, 2.05) is 20.8 Å². The number of hydrogen-bond acceptors (Lipinski definition) is 8. The van der Waals surface area contributed by atoms with Gasteiger partial charge >= 0.3 is 12.2 Å². The minimum atomic E-state index is -0.567. The fourth-order valence-corrected chi connectivity index (χ4v) is 3.40. The minimum absolute atomic E-state index is 0.148. The number of hydrogen-bond donors (Lipinski definition) is 3. The van der Waals surface area contributed by atoms with E-state index in [2.05, 4.69) is 26.7 Å². The first-order chi connectivity index (χ1) is 15.8. The summed E-state index contributed by atoms with van der Waals surface area (Å²) in [5, 5.41) is 12.8. The monoisotopic (exact) mass is 488 g/mol. The van der Waals surface area contributed by atoms with Gasteiger partial charge in [0.1, 0.15) is 43.6 Å². The summed E-state index contributed by atoms with van der Waals surface area (Å²) in [5.41, 5.74) is 4.54. The molecule has 0 bridgehead atoms. The molecule has 34 heavy (non-hydrogen) atoms. The first-order valence-corrected chi connectivity index (χ1v) is 11.5. The summed E-state index contributed by atoms with van der Waals surface area (Å²) < 4.78 is 10.6. The van der Waals surface area contributed by atoms with E-state index in [4.69, 9.17) is 19.1 Å². The van der Waals surface area contributed by atoms with Crippen LogP contribution >= 0.6 is 0 Å². The van der Waals surface area contributed by atoms with Gasteiger partial charge in [-0.2, -0.15) is 0 Å². The molecule has 6 N–H and O–H groups in total. The molecule has 0 aromatic heterocycles. The Labute approximate surface area is 202 Å². The van der Waals surface area contributed by atoms with Gasteiger partial charge < -0.3 is 40.4 Å². The Morgan fingerprint density at radius 1 is 1.03 bits per heavy atom. The molecule has 12 nitrogen and oxygen atoms in total. The number of oxime groups is 2. The maximum absolute atomic E-state index is 12.2. The lowest BCUT2D eigenvalue weighted by atomic mass is 10.1. The van der Waals surface area contributed by atoms with E-state index in [1.54, 1.807) is 32.8 Å². The Bertz CT molecular complexity index is 728. The number of nitrogens with two attached hydrogens (primary N) is 1. The first kappa shape index (κ1) is 29.4. The molecule has 2 saturated heterocycles. The van der Waals surface area contributed by atoms with E-state index in [1.165, 1.54) is 7.11 Å². The smallest absolute Gasteiger partial charge is 0.410 e. The normalized spacial score (nSPS) is 22.8. The van der Waals surface area contributed by atoms with Crippen LogP contribution < -0.4 is 16.4 Å². The van der Waals surface area contributed by atoms with Gasteiger partial charge in [0.2, 0.25) is 0 Å². The molecule has 0 aromatic rings. The Morgan fingerprint density at radius 3 is 2.15 bits per heavy atom. The highest BCUT2D eigenvalue weighted by atomic mass is 16.6. The number of ether oxygens (including phenoxy) is 2. The number of quaternary nitrogens is 2. The Hall–Kier alpha value is -2.60. The molecule has 2 aliphatic heterocycles. The van der Waals surface area contributed by atoms with E-state index in [9.17, 15) is 9.59 Å². The number of carbonyl (C=O) groups excluding carboxylic acids is 2. The summed E-state index contributed by atoms with van der Waals surface area (Å²) in [7, 11) is 3.03. The third kappa shape index (κ3) is 11.0. The molecule has 2 aliphatic rings. The summed E-state index contributed by atoms with van der Waals surface area (Å²) in [6, 6.07) is 0. The molecule has 0 aliphatic carbocycles. The molecule has 0 spiro atoms. The molecular formula is C22H44N6O6+2. The van der Waals surface area contributed by atoms with Gasteiger partial charge in [-0.25, -0.2) is 9.59 Å². The van der Waals surface area contributed by atoms with Crippen LogP contribution in [0, 0.1) is 11.8 Å². The third-order valence-corrected chi connectivity index (χ3v) is 4.85. The van der Waals surface area contributed by atoms with Gasteiger partial charge in [-0.3, -0.25) is 0 Å². The highest BCUT2D eigenvalue weighted by Gasteiger charge is 2.35. The van der Waals surface area contributed by atoms with Crippen LogP contribution in [-0.2, 0) is 19.1 Å². The van der Waals surface area contributed by atoms with Gasteiger partial charge in [-0.05, 0) is 41.5 Å². The van der Waals surface area contributed by atoms with Gasteiger partial charge in [0.15, 0.2) is 0 Å². The number of carbonyl (C=O) groups is 2. The van der Waals surface area contributed by atoms with Crippen LogP contribution in [0.1, 0.15) is 41.5 Å². The zero-order chi connectivity index (χ0) is 25.9. The van der Waals surface area contributed by atoms with Crippen LogP contribution in [0.15, 0.2) is 10.3 Å². The van der Waals surface area contributed by atoms with Gasteiger partial charge in [0.05, 0.1) is 25.3 Å². The first-order valence-electron chi connectivity index (χ1n) is 11.5. The zero-order valence-corrected chi connectivity index (χ0v) is 22.0. The summed E-state index contributed by atoms with van der Waals surface area (Å²) in [5.74, 6) is 0.393. The molecule has 2 amide bonds. The van der Waals surface area contributed by atoms with Crippen LogP contribution in [0.25, 0.3) is 0 Å². The SMILES string of the molecule is CO/N=C1\CN(C(=O)OC(C)(C)C)CC1CNC(=O)OC(C)(C)C.CO/N=C1\C[NH2+]CC1C[NH3+]. The van der Waals surface area contributed by atoms with E-state index >= 15 is 0 Å². The van der Waals surface area contributed by atoms with Crippen molar-refractivity contribution >= 4 is 23.6 Å². The molecule has 2 fully saturated rings. The van der Waals surface area contributed by atoms with E-state index in [-0.39, 0.29) is 5.92 Å². The van der Waals surface area contributed by atoms with Crippen molar-refractivity contribution in [3.63, 3.8) is 0 Å². The lowest BCUT2D eigenvalue weighted by Gasteiger charge is -2.24. The third-order valence-electron chi connectivity index (χ3n) is 4.85. The standard InChI is InChI=1S/C16H29N3O5.C6H13N3O/c1-15(2,3)23-13(20)17-8-11-9-19(10-12(11)18-22-7)14(21)24-16(4,5)6;1-10-9-6-4-8-3-5(6)2-7/h11H,8-10H2,1-7H3,(H,17,20);5,8H,2-4,7H2,1H3/p+2/b18-12+;9-6+. The molecule has 12 heteroatoms. The van der Waals surface area contributed by atoms with Crippen LogP contribution in [0.3, 0.4) is 0 Å². The predicted molar refractivity (Wildman–Crippen MR) is 127 cm³/mol. The second kappa shape index (κ2) is 13.3. The fraction of sp³-hybridized carbons (Fsp3) is 0.818. The molecule has 196 valence electrons. The van der Waals surface area contributed by atoms with Crippen molar-refractivity contribution < 1.29 is 39.8 Å². The largest absolute Gasteiger partial charge is 0.444 e. The maximum Gasteiger partial charge on any atom is 0.410 e. The summed E-state index contributed by atoms with van der Waals surface area (Å²) in [4.78, 5) is 35.0. The number of amides is 2. The predicted octanol–water partition coefficient (Wildman–Crippen LogP) is -0.196. The average Bonchev–Trinajstić information content (AvgIpc) is 3.31. The Morgan fingerprint density at radius 2 is 1.62 bits per heavy atom. The van der Waals surface area contributed by atoms with E-state index < -0.39 is 23.4 Å². The van der Waals surface area contributed by atoms with Gasteiger partial charge in [0, 0.05) is 19.0 Å². The van der Waals surface area contributed by atoms with Crippen LogP contribution in [0.5, 0.6) is 0 Å². The highest BCUT2D eigenvalue weighted by molar-refractivity contribution is 5.94. The van der Waals surface area contributed by atoms with Gasteiger partial charge in [0.25, 0.3) is 0 Å². The number of likely N-dealkylation sites (tertiary alicyclic amines) is 1. The second-order valence-corrected chi connectivity index (χ2v) is 10.2. The number of nitrogens with zero attached hydrogens (tertiary/aromatic N) is 3. The van der Waals surface area contributed by atoms with Crippen molar-refractivity contribution in [1.29, 1.82) is 0 Å². The van der Waals surface area contributed by atoms with Crippen molar-refractivity contribution in [3.8, 4) is 0 Å². The van der Waals surface area contributed by atoms with Crippen molar-refractivity contribution in [2.24, 2.45) is 22.1 Å². The number of alkyl carbamates (subject to hydrolysis) is 1. The summed E-state index contributed by atoms with van der Waals surface area (Å²) >= 11 is 0. The molecule has 2 heterocycles. The molecule has 0 saturated carbocycles. The second-order valence-electron chi connectivity index (χ2n) is 10.2. The number of nitrogens with one attached hydrogen (secondary N) is 1. The zero-order valence-electron chi connectivity index (χ0n) is 22.0. The quantitative estimate of drug-likeness (QED) is 0.455. The molecular weight excluding hydrogens is 444 g/mol. The summed E-state index contributed by atoms with van der Waals surface area (Å²) in [6.45, 7) is 14.9. The van der Waals surface area contributed by atoms with Crippen LogP contribution in [0.4, 0.5) is 9.59 Å². The Kier molecular flexibility index (Phi) is 11.5. The maximum atomic E-state index is 12.2. The fourth-order valence-electron chi connectivity index (χ4n) is 3.40. The lowest BCUT2D eigenvalue weighted by Crippen LogP contribution is -2.82. The lowest BCUT2D eigenvalue weighted by molar-refractivity contribution is -0.635. The topological polar surface area (TPSA) is 155 Å². The van der Waals surface area contributed by atoms with E-state index in [0.29, 0.717) is 31.3 Å². The molecule has 2 atom stereocenters. The van der Waals surface area contributed by atoms with Crippen LogP contribution in [-0.4, -0.2) is 93.2 Å². The molecule has 2 unspecified atom stereocenters. The van der Waals surface area contributed by atoms with E-state index in [0.717, 1.165) is 25.3 Å². The molecule has 0 aromatic carbocycles. The molecule has 0 radical (unpaired) electrons. The molecule has 2 rings (SSSR count). The highest BCUT2D eigenvalue weighted by Crippen LogP contribution is 2.18. The average molecular weight is 489 g/mol. The minimum Gasteiger partial charge on any atom is -0.444 e.